The maximum absolute atomic E-state index is 4.30. The van der Waals surface area contributed by atoms with Crippen molar-refractivity contribution in [3.63, 3.8) is 0 Å². The minimum absolute atomic E-state index is 0.858. The lowest BCUT2D eigenvalue weighted by Gasteiger charge is -2.02. The van der Waals surface area contributed by atoms with Crippen molar-refractivity contribution >= 4 is 11.3 Å². The summed E-state index contributed by atoms with van der Waals surface area (Å²) in [4.78, 5) is 0. The fraction of sp³-hybridized carbons (Fsp3) is 0.538. The van der Waals surface area contributed by atoms with Crippen LogP contribution in [-0.4, -0.2) is 34.0 Å². The van der Waals surface area contributed by atoms with Crippen LogP contribution in [0.3, 0.4) is 0 Å². The van der Waals surface area contributed by atoms with Crippen LogP contribution in [0.4, 0.5) is 0 Å². The van der Waals surface area contributed by atoms with Crippen molar-refractivity contribution in [1.29, 1.82) is 0 Å². The predicted octanol–water partition coefficient (Wildman–Crippen LogP) is 2.02. The van der Waals surface area contributed by atoms with E-state index < -0.39 is 0 Å². The smallest absolute Gasteiger partial charge is 0.149 e. The highest BCUT2D eigenvalue weighted by atomic mass is 32.1. The van der Waals surface area contributed by atoms with E-state index in [0.29, 0.717) is 0 Å². The number of aryl methyl sites for hydroxylation is 3. The lowest BCUT2D eigenvalue weighted by molar-refractivity contribution is 0.718. The van der Waals surface area contributed by atoms with E-state index in [0.717, 1.165) is 52.8 Å². The normalized spacial score (nSPS) is 10.9. The average molecular weight is 277 g/mol. The second-order valence-electron chi connectivity index (χ2n) is 4.41. The maximum Gasteiger partial charge on any atom is 0.149 e. The lowest BCUT2D eigenvalue weighted by atomic mass is 10.1. The van der Waals surface area contributed by atoms with Gasteiger partial charge in [-0.3, -0.25) is 0 Å². The molecule has 0 aromatic carbocycles. The number of aromatic nitrogens is 4. The molecule has 0 saturated heterocycles. The van der Waals surface area contributed by atoms with Gasteiger partial charge in [0.05, 0.1) is 11.4 Å². The Hall–Kier alpha value is -1.40. The highest BCUT2D eigenvalue weighted by molar-refractivity contribution is 7.14. The van der Waals surface area contributed by atoms with E-state index >= 15 is 0 Å². The summed E-state index contributed by atoms with van der Waals surface area (Å²) in [6.07, 6.45) is 2.91. The van der Waals surface area contributed by atoms with Crippen LogP contribution in [0.25, 0.3) is 10.6 Å². The van der Waals surface area contributed by atoms with Gasteiger partial charge in [0, 0.05) is 12.0 Å². The van der Waals surface area contributed by atoms with Crippen LogP contribution in [0.1, 0.15) is 29.7 Å². The third-order valence-electron chi connectivity index (χ3n) is 2.84. The Labute approximate surface area is 117 Å². The first-order chi connectivity index (χ1) is 9.24. The predicted molar refractivity (Wildman–Crippen MR) is 77.3 cm³/mol. The Morgan fingerprint density at radius 2 is 2.05 bits per heavy atom. The molecule has 0 aliphatic heterocycles. The molecule has 5 nitrogen and oxygen atoms in total. The van der Waals surface area contributed by atoms with E-state index in [1.807, 2.05) is 20.0 Å². The van der Waals surface area contributed by atoms with Crippen molar-refractivity contribution in [2.75, 3.05) is 13.6 Å². The topological polar surface area (TPSA) is 63.6 Å². The van der Waals surface area contributed by atoms with Crippen molar-refractivity contribution in [1.82, 2.24) is 25.7 Å². The molecule has 1 N–H and O–H groups in total. The SMILES string of the molecule is CCc1nnc(C)cc1-c1nnc(CCCNC)s1. The summed E-state index contributed by atoms with van der Waals surface area (Å²) in [5, 5.41) is 22.1. The number of nitrogens with zero attached hydrogens (tertiary/aromatic N) is 4. The molecular weight excluding hydrogens is 258 g/mol. The van der Waals surface area contributed by atoms with E-state index in [4.69, 9.17) is 0 Å². The van der Waals surface area contributed by atoms with Gasteiger partial charge in [-0.25, -0.2) is 0 Å². The molecule has 0 aliphatic rings. The molecule has 0 bridgehead atoms. The van der Waals surface area contributed by atoms with Gasteiger partial charge in [-0.1, -0.05) is 18.3 Å². The first kappa shape index (κ1) is 14.0. The van der Waals surface area contributed by atoms with E-state index in [2.05, 4.69) is 32.6 Å². The largest absolute Gasteiger partial charge is 0.320 e. The van der Waals surface area contributed by atoms with Crippen LogP contribution in [0.2, 0.25) is 0 Å². The molecule has 0 fully saturated rings. The number of hydrogen-bond acceptors (Lipinski definition) is 6. The molecule has 2 rings (SSSR count). The van der Waals surface area contributed by atoms with Gasteiger partial charge in [0.1, 0.15) is 10.0 Å². The van der Waals surface area contributed by atoms with Crippen LogP contribution in [-0.2, 0) is 12.8 Å². The van der Waals surface area contributed by atoms with Gasteiger partial charge in [-0.15, -0.1) is 10.2 Å². The molecule has 0 amide bonds. The molecule has 2 heterocycles. The van der Waals surface area contributed by atoms with Crippen molar-refractivity contribution in [2.24, 2.45) is 0 Å². The summed E-state index contributed by atoms with van der Waals surface area (Å²) < 4.78 is 0. The van der Waals surface area contributed by atoms with Crippen LogP contribution < -0.4 is 5.32 Å². The third-order valence-corrected chi connectivity index (χ3v) is 3.86. The van der Waals surface area contributed by atoms with Crippen LogP contribution in [0.5, 0.6) is 0 Å². The number of hydrogen-bond donors (Lipinski definition) is 1. The van der Waals surface area contributed by atoms with Crippen molar-refractivity contribution in [3.05, 3.63) is 22.5 Å². The molecule has 0 saturated carbocycles. The van der Waals surface area contributed by atoms with Gasteiger partial charge in [-0.2, -0.15) is 10.2 Å². The number of rotatable bonds is 6. The quantitative estimate of drug-likeness (QED) is 0.818. The van der Waals surface area contributed by atoms with Crippen molar-refractivity contribution < 1.29 is 0 Å². The zero-order chi connectivity index (χ0) is 13.7. The Morgan fingerprint density at radius 3 is 2.79 bits per heavy atom. The standard InChI is InChI=1S/C13H19N5S/c1-4-11-10(8-9(2)15-16-11)13-18-17-12(19-13)6-5-7-14-3/h8,14H,4-7H2,1-3H3. The zero-order valence-electron chi connectivity index (χ0n) is 11.6. The Bertz CT molecular complexity index is 538. The molecule has 0 atom stereocenters. The highest BCUT2D eigenvalue weighted by Gasteiger charge is 2.12. The first-order valence-electron chi connectivity index (χ1n) is 6.55. The van der Waals surface area contributed by atoms with Gasteiger partial charge >= 0.3 is 0 Å². The monoisotopic (exact) mass is 277 g/mol. The average Bonchev–Trinajstić information content (AvgIpc) is 2.88. The van der Waals surface area contributed by atoms with Gasteiger partial charge in [0.25, 0.3) is 0 Å². The van der Waals surface area contributed by atoms with Gasteiger partial charge < -0.3 is 5.32 Å². The third kappa shape index (κ3) is 3.54. The van der Waals surface area contributed by atoms with Crippen LogP contribution >= 0.6 is 11.3 Å². The maximum atomic E-state index is 4.30. The zero-order valence-corrected chi connectivity index (χ0v) is 12.4. The molecule has 102 valence electrons. The second kappa shape index (κ2) is 6.68. The molecule has 19 heavy (non-hydrogen) atoms. The van der Waals surface area contributed by atoms with Crippen LogP contribution in [0.15, 0.2) is 6.07 Å². The Balaban J connectivity index is 2.20. The van der Waals surface area contributed by atoms with E-state index in [-0.39, 0.29) is 0 Å². The van der Waals surface area contributed by atoms with Gasteiger partial charge in [0.15, 0.2) is 0 Å². The molecule has 6 heteroatoms. The van der Waals surface area contributed by atoms with E-state index in [9.17, 15) is 0 Å². The Morgan fingerprint density at radius 1 is 1.21 bits per heavy atom. The first-order valence-corrected chi connectivity index (χ1v) is 7.36. The van der Waals surface area contributed by atoms with Gasteiger partial charge in [-0.05, 0) is 39.4 Å². The fourth-order valence-corrected chi connectivity index (χ4v) is 2.76. The molecule has 0 radical (unpaired) electrons. The van der Waals surface area contributed by atoms with Gasteiger partial charge in [0.2, 0.25) is 0 Å². The molecule has 0 aliphatic carbocycles. The lowest BCUT2D eigenvalue weighted by Crippen LogP contribution is -2.08. The van der Waals surface area contributed by atoms with E-state index in [1.54, 1.807) is 11.3 Å². The molecular formula is C13H19N5S. The minimum atomic E-state index is 0.858. The summed E-state index contributed by atoms with van der Waals surface area (Å²) in [5.41, 5.74) is 2.98. The fourth-order valence-electron chi connectivity index (χ4n) is 1.84. The van der Waals surface area contributed by atoms with Crippen molar-refractivity contribution in [3.8, 4) is 10.6 Å². The number of nitrogens with one attached hydrogen (secondary N) is 1. The summed E-state index contributed by atoms with van der Waals surface area (Å²) in [7, 11) is 1.96. The summed E-state index contributed by atoms with van der Waals surface area (Å²) in [6, 6.07) is 2.05. The highest BCUT2D eigenvalue weighted by Crippen LogP contribution is 2.26. The molecule has 2 aromatic heterocycles. The molecule has 2 aromatic rings. The summed E-state index contributed by atoms with van der Waals surface area (Å²) in [5.74, 6) is 0. The molecule has 0 unspecified atom stereocenters. The second-order valence-corrected chi connectivity index (χ2v) is 5.47. The molecule has 0 spiro atoms. The summed E-state index contributed by atoms with van der Waals surface area (Å²) >= 11 is 1.66. The summed E-state index contributed by atoms with van der Waals surface area (Å²) in [6.45, 7) is 5.04. The van der Waals surface area contributed by atoms with Crippen LogP contribution in [0, 0.1) is 6.92 Å². The minimum Gasteiger partial charge on any atom is -0.320 e. The van der Waals surface area contributed by atoms with Crippen molar-refractivity contribution in [2.45, 2.75) is 33.1 Å². The Kier molecular flexibility index (Phi) is 4.93. The van der Waals surface area contributed by atoms with E-state index in [1.165, 1.54) is 0 Å².